The maximum atomic E-state index is 13.7. The standard InChI is InChI=1S/C18H20F2N2O/c1-12-4-5-14(8-16(12)19)23-15-6-7-21-17(9-15)22(3)13-10-18(2,20)11-13/h4-9,13H,10-11H2,1-3H3. The molecule has 1 aliphatic carbocycles. The summed E-state index contributed by atoms with van der Waals surface area (Å²) < 4.78 is 32.9. The van der Waals surface area contributed by atoms with Gasteiger partial charge in [0.25, 0.3) is 0 Å². The van der Waals surface area contributed by atoms with E-state index in [1.807, 2.05) is 11.9 Å². The van der Waals surface area contributed by atoms with Gasteiger partial charge in [-0.1, -0.05) is 6.07 Å². The normalized spacial score (nSPS) is 23.3. The third-order valence-electron chi connectivity index (χ3n) is 4.33. The van der Waals surface area contributed by atoms with Crippen LogP contribution in [0.1, 0.15) is 25.3 Å². The van der Waals surface area contributed by atoms with Crippen molar-refractivity contribution in [3.63, 3.8) is 0 Å². The number of rotatable bonds is 4. The molecule has 1 aromatic carbocycles. The number of hydrogen-bond donors (Lipinski definition) is 0. The number of pyridine rings is 1. The van der Waals surface area contributed by atoms with Crippen LogP contribution in [0.5, 0.6) is 11.5 Å². The molecule has 1 aliphatic rings. The molecular formula is C18H20F2N2O. The van der Waals surface area contributed by atoms with Gasteiger partial charge in [0.2, 0.25) is 0 Å². The van der Waals surface area contributed by atoms with Gasteiger partial charge in [-0.25, -0.2) is 13.8 Å². The summed E-state index contributed by atoms with van der Waals surface area (Å²) in [4.78, 5) is 6.27. The Balaban J connectivity index is 1.73. The van der Waals surface area contributed by atoms with Crippen LogP contribution in [-0.4, -0.2) is 23.7 Å². The first-order valence-electron chi connectivity index (χ1n) is 7.66. The second-order valence-electron chi connectivity index (χ2n) is 6.45. The van der Waals surface area contributed by atoms with Gasteiger partial charge in [-0.05, 0) is 31.5 Å². The number of ether oxygens (including phenoxy) is 1. The molecule has 5 heteroatoms. The number of anilines is 1. The van der Waals surface area contributed by atoms with E-state index in [0.717, 1.165) is 5.82 Å². The largest absolute Gasteiger partial charge is 0.457 e. The predicted molar refractivity (Wildman–Crippen MR) is 86.4 cm³/mol. The summed E-state index contributed by atoms with van der Waals surface area (Å²) in [5, 5.41) is 0. The molecule has 1 aromatic heterocycles. The molecule has 0 atom stereocenters. The average Bonchev–Trinajstić information content (AvgIpc) is 2.48. The van der Waals surface area contributed by atoms with E-state index in [1.54, 1.807) is 44.3 Å². The first kappa shape index (κ1) is 15.7. The van der Waals surface area contributed by atoms with E-state index in [-0.39, 0.29) is 11.9 Å². The molecule has 0 bridgehead atoms. The lowest BCUT2D eigenvalue weighted by Crippen LogP contribution is -2.50. The first-order chi connectivity index (χ1) is 10.8. The Morgan fingerprint density at radius 3 is 2.57 bits per heavy atom. The summed E-state index contributed by atoms with van der Waals surface area (Å²) in [6, 6.07) is 8.41. The summed E-state index contributed by atoms with van der Waals surface area (Å²) in [7, 11) is 1.90. The highest BCUT2D eigenvalue weighted by molar-refractivity contribution is 5.46. The number of aromatic nitrogens is 1. The molecule has 0 N–H and O–H groups in total. The van der Waals surface area contributed by atoms with Crippen LogP contribution in [0.4, 0.5) is 14.6 Å². The smallest absolute Gasteiger partial charge is 0.132 e. The van der Waals surface area contributed by atoms with Gasteiger partial charge in [-0.15, -0.1) is 0 Å². The lowest BCUT2D eigenvalue weighted by Gasteiger charge is -2.44. The van der Waals surface area contributed by atoms with Gasteiger partial charge < -0.3 is 9.64 Å². The minimum absolute atomic E-state index is 0.143. The van der Waals surface area contributed by atoms with Crippen molar-refractivity contribution in [1.82, 2.24) is 4.98 Å². The monoisotopic (exact) mass is 318 g/mol. The van der Waals surface area contributed by atoms with Crippen LogP contribution in [0.3, 0.4) is 0 Å². The number of hydrogen-bond acceptors (Lipinski definition) is 3. The van der Waals surface area contributed by atoms with Gasteiger partial charge in [0.1, 0.15) is 28.8 Å². The number of halogens is 2. The molecule has 122 valence electrons. The molecule has 0 amide bonds. The summed E-state index contributed by atoms with van der Waals surface area (Å²) in [5.74, 6) is 1.43. The van der Waals surface area contributed by atoms with Crippen molar-refractivity contribution in [3.05, 3.63) is 47.9 Å². The number of nitrogens with zero attached hydrogens (tertiary/aromatic N) is 2. The van der Waals surface area contributed by atoms with Crippen molar-refractivity contribution in [2.24, 2.45) is 0 Å². The molecule has 3 nitrogen and oxygen atoms in total. The Kier molecular flexibility index (Phi) is 3.96. The van der Waals surface area contributed by atoms with Crippen LogP contribution in [-0.2, 0) is 0 Å². The van der Waals surface area contributed by atoms with E-state index in [1.165, 1.54) is 6.07 Å². The van der Waals surface area contributed by atoms with Gasteiger partial charge in [0, 0.05) is 44.3 Å². The highest BCUT2D eigenvalue weighted by atomic mass is 19.1. The summed E-state index contributed by atoms with van der Waals surface area (Å²) in [6.07, 6.45) is 2.64. The lowest BCUT2D eigenvalue weighted by molar-refractivity contribution is 0.0621. The third kappa shape index (κ3) is 3.44. The van der Waals surface area contributed by atoms with Gasteiger partial charge in [0.05, 0.1) is 0 Å². The van der Waals surface area contributed by atoms with Crippen molar-refractivity contribution in [2.75, 3.05) is 11.9 Å². The van der Waals surface area contributed by atoms with Gasteiger partial charge in [0.15, 0.2) is 0 Å². The number of benzene rings is 1. The van der Waals surface area contributed by atoms with E-state index >= 15 is 0 Å². The van der Waals surface area contributed by atoms with Crippen LogP contribution in [0, 0.1) is 12.7 Å². The van der Waals surface area contributed by atoms with Gasteiger partial charge in [-0.2, -0.15) is 0 Å². The molecule has 0 unspecified atom stereocenters. The van der Waals surface area contributed by atoms with Crippen molar-refractivity contribution in [3.8, 4) is 11.5 Å². The zero-order chi connectivity index (χ0) is 16.6. The number of alkyl halides is 1. The molecule has 0 radical (unpaired) electrons. The van der Waals surface area contributed by atoms with E-state index in [0.29, 0.717) is 29.9 Å². The maximum Gasteiger partial charge on any atom is 0.132 e. The van der Waals surface area contributed by atoms with Crippen LogP contribution >= 0.6 is 0 Å². The highest BCUT2D eigenvalue weighted by Gasteiger charge is 2.42. The molecular weight excluding hydrogens is 298 g/mol. The minimum atomic E-state index is -1.08. The predicted octanol–water partition coefficient (Wildman–Crippen LogP) is 4.65. The fraction of sp³-hybridized carbons (Fsp3) is 0.389. The molecule has 1 heterocycles. The van der Waals surface area contributed by atoms with Crippen LogP contribution in [0.15, 0.2) is 36.5 Å². The molecule has 3 rings (SSSR count). The van der Waals surface area contributed by atoms with Crippen molar-refractivity contribution in [1.29, 1.82) is 0 Å². The minimum Gasteiger partial charge on any atom is -0.457 e. The fourth-order valence-electron chi connectivity index (χ4n) is 2.81. The summed E-state index contributed by atoms with van der Waals surface area (Å²) in [5.41, 5.74) is -0.501. The van der Waals surface area contributed by atoms with E-state index in [4.69, 9.17) is 4.74 Å². The Morgan fingerprint density at radius 2 is 1.91 bits per heavy atom. The maximum absolute atomic E-state index is 13.7. The topological polar surface area (TPSA) is 25.4 Å². The molecule has 1 saturated carbocycles. The van der Waals surface area contributed by atoms with Gasteiger partial charge in [-0.3, -0.25) is 0 Å². The van der Waals surface area contributed by atoms with Crippen molar-refractivity contribution >= 4 is 5.82 Å². The zero-order valence-electron chi connectivity index (χ0n) is 13.5. The lowest BCUT2D eigenvalue weighted by atomic mass is 9.78. The fourth-order valence-corrected chi connectivity index (χ4v) is 2.81. The van der Waals surface area contributed by atoms with Crippen molar-refractivity contribution < 1.29 is 13.5 Å². The Bertz CT molecular complexity index is 710. The molecule has 1 fully saturated rings. The Labute approximate surface area is 134 Å². The quantitative estimate of drug-likeness (QED) is 0.820. The molecule has 2 aromatic rings. The Morgan fingerprint density at radius 1 is 1.22 bits per heavy atom. The zero-order valence-corrected chi connectivity index (χ0v) is 13.5. The highest BCUT2D eigenvalue weighted by Crippen LogP contribution is 2.39. The second kappa shape index (κ2) is 5.80. The van der Waals surface area contributed by atoms with Crippen LogP contribution in [0.25, 0.3) is 0 Å². The molecule has 0 aliphatic heterocycles. The number of aryl methyl sites for hydroxylation is 1. The third-order valence-corrected chi connectivity index (χ3v) is 4.33. The second-order valence-corrected chi connectivity index (χ2v) is 6.45. The summed E-state index contributed by atoms with van der Waals surface area (Å²) in [6.45, 7) is 3.33. The Hall–Kier alpha value is -2.17. The van der Waals surface area contributed by atoms with E-state index < -0.39 is 5.67 Å². The molecule has 23 heavy (non-hydrogen) atoms. The molecule has 0 spiro atoms. The van der Waals surface area contributed by atoms with E-state index in [9.17, 15) is 8.78 Å². The van der Waals surface area contributed by atoms with Crippen LogP contribution in [0.2, 0.25) is 0 Å². The SMILES string of the molecule is Cc1ccc(Oc2ccnc(N(C)C3CC(C)(F)C3)c2)cc1F. The van der Waals surface area contributed by atoms with Crippen molar-refractivity contribution in [2.45, 2.75) is 38.4 Å². The average molecular weight is 318 g/mol. The summed E-state index contributed by atoms with van der Waals surface area (Å²) >= 11 is 0. The van der Waals surface area contributed by atoms with E-state index in [2.05, 4.69) is 4.98 Å². The van der Waals surface area contributed by atoms with Gasteiger partial charge >= 0.3 is 0 Å². The molecule has 0 saturated heterocycles. The van der Waals surface area contributed by atoms with Crippen LogP contribution < -0.4 is 9.64 Å². The first-order valence-corrected chi connectivity index (χ1v) is 7.66.